The van der Waals surface area contributed by atoms with Gasteiger partial charge in [0.05, 0.1) is 6.42 Å². The van der Waals surface area contributed by atoms with Crippen molar-refractivity contribution in [2.45, 2.75) is 38.0 Å². The highest BCUT2D eigenvalue weighted by atomic mass is 32.2. The number of benzene rings is 1. The van der Waals surface area contributed by atoms with E-state index in [-0.39, 0.29) is 10.9 Å². The van der Waals surface area contributed by atoms with Crippen molar-refractivity contribution in [2.75, 3.05) is 0 Å². The molecule has 1 unspecified atom stereocenters. The zero-order valence-corrected chi connectivity index (χ0v) is 15.9. The van der Waals surface area contributed by atoms with Gasteiger partial charge in [-0.3, -0.25) is 0 Å². The van der Waals surface area contributed by atoms with Crippen molar-refractivity contribution in [2.24, 2.45) is 0 Å². The summed E-state index contributed by atoms with van der Waals surface area (Å²) < 4.78 is 0. The van der Waals surface area contributed by atoms with Gasteiger partial charge in [-0.2, -0.15) is 0 Å². The molecule has 1 aliphatic rings. The van der Waals surface area contributed by atoms with Crippen LogP contribution < -0.4 is 0 Å². The molecule has 1 heterocycles. The molecular weight excluding hydrogens is 320 g/mol. The molecule has 1 aliphatic heterocycles. The molecule has 25 heavy (non-hydrogen) atoms. The van der Waals surface area contributed by atoms with Crippen molar-refractivity contribution in [3.05, 3.63) is 94.0 Å². The number of fused-ring (bicyclic) bond motifs is 1. The van der Waals surface area contributed by atoms with E-state index in [1.54, 1.807) is 6.08 Å². The van der Waals surface area contributed by atoms with Gasteiger partial charge < -0.3 is 0 Å². The maximum Gasteiger partial charge on any atom is 0.208 e. The van der Waals surface area contributed by atoms with Crippen LogP contribution in [0, 0.1) is 12.3 Å². The van der Waals surface area contributed by atoms with Crippen LogP contribution >= 0.6 is 0 Å². The van der Waals surface area contributed by atoms with Crippen LogP contribution in [-0.4, -0.2) is 0 Å². The van der Waals surface area contributed by atoms with Crippen LogP contribution in [0.25, 0.3) is 0 Å². The molecule has 0 saturated heterocycles. The predicted molar refractivity (Wildman–Crippen MR) is 112 cm³/mol. The monoisotopic (exact) mass is 345 g/mol. The first kappa shape index (κ1) is 18.9. The zero-order valence-electron chi connectivity index (χ0n) is 15.1. The fourth-order valence-corrected chi connectivity index (χ4v) is 5.27. The quantitative estimate of drug-likeness (QED) is 0.247. The lowest BCUT2D eigenvalue weighted by Crippen LogP contribution is -2.17. The molecule has 0 saturated carbocycles. The summed E-state index contributed by atoms with van der Waals surface area (Å²) in [5.74, 6) is 2.87. The summed E-state index contributed by atoms with van der Waals surface area (Å²) in [5, 5.41) is 0. The van der Waals surface area contributed by atoms with Gasteiger partial charge in [-0.05, 0) is 31.6 Å². The molecule has 0 amide bonds. The van der Waals surface area contributed by atoms with Crippen molar-refractivity contribution in [3.63, 3.8) is 0 Å². The van der Waals surface area contributed by atoms with Crippen LogP contribution in [-0.2, 0) is 17.3 Å². The molecule has 0 aliphatic carbocycles. The smallest absolute Gasteiger partial charge is 0.120 e. The first-order chi connectivity index (χ1) is 12.3. The van der Waals surface area contributed by atoms with Gasteiger partial charge in [0.15, 0.2) is 9.80 Å². The van der Waals surface area contributed by atoms with Crippen LogP contribution in [0.4, 0.5) is 0 Å². The van der Waals surface area contributed by atoms with Crippen LogP contribution in [0.1, 0.15) is 32.3 Å². The minimum atomic E-state index is -0.204. The number of hydrogen-bond donors (Lipinski definition) is 0. The number of terminal acetylenes is 1. The second kappa shape index (κ2) is 9.80. The molecule has 1 atom stereocenters. The Balaban J connectivity index is 2.75. The summed E-state index contributed by atoms with van der Waals surface area (Å²) in [6, 6.07) is 8.69. The highest BCUT2D eigenvalue weighted by molar-refractivity contribution is 8.04. The summed E-state index contributed by atoms with van der Waals surface area (Å²) in [4.78, 5) is 3.86. The molecule has 0 fully saturated rings. The first-order valence-corrected chi connectivity index (χ1v) is 9.83. The summed E-state index contributed by atoms with van der Waals surface area (Å²) >= 11 is 0. The Labute approximate surface area is 155 Å². The Kier molecular flexibility index (Phi) is 7.42. The maximum atomic E-state index is 5.72. The van der Waals surface area contributed by atoms with Gasteiger partial charge in [0.25, 0.3) is 0 Å². The van der Waals surface area contributed by atoms with Gasteiger partial charge in [0, 0.05) is 17.6 Å². The standard InChI is InChI=1S/C24H25S/c1-5-9-16-22(17-10-6-2)25-23(14-8-4)20(13-7-3)19-21-15-11-12-18-24(21)25/h4-5,7,9-13,15,17-18H,1,6,14,19H2,2-3H3/q+1/b13-7-,17-10-. The normalized spacial score (nSPS) is 16.4. The van der Waals surface area contributed by atoms with Crippen LogP contribution in [0.2, 0.25) is 0 Å². The number of rotatable bonds is 6. The Morgan fingerprint density at radius 3 is 2.84 bits per heavy atom. The Morgan fingerprint density at radius 1 is 1.36 bits per heavy atom. The molecule has 0 bridgehead atoms. The topological polar surface area (TPSA) is 0 Å². The fraction of sp³-hybridized carbons (Fsp3) is 0.208. The summed E-state index contributed by atoms with van der Waals surface area (Å²) in [6.45, 7) is 8.00. The van der Waals surface area contributed by atoms with Crippen molar-refractivity contribution in [1.29, 1.82) is 0 Å². The molecule has 0 spiro atoms. The largest absolute Gasteiger partial charge is 0.208 e. The average Bonchev–Trinajstić information content (AvgIpc) is 2.63. The van der Waals surface area contributed by atoms with Crippen molar-refractivity contribution >= 4 is 10.9 Å². The van der Waals surface area contributed by atoms with Gasteiger partial charge >= 0.3 is 0 Å². The van der Waals surface area contributed by atoms with E-state index >= 15 is 0 Å². The highest BCUT2D eigenvalue weighted by Gasteiger charge is 2.39. The molecule has 0 radical (unpaired) electrons. The van der Waals surface area contributed by atoms with E-state index in [9.17, 15) is 0 Å². The predicted octanol–water partition coefficient (Wildman–Crippen LogP) is 6.26. The maximum absolute atomic E-state index is 5.72. The third-order valence-corrected chi connectivity index (χ3v) is 6.31. The summed E-state index contributed by atoms with van der Waals surface area (Å²) in [5.41, 5.74) is 6.15. The van der Waals surface area contributed by atoms with Gasteiger partial charge in [-0.1, -0.05) is 67.7 Å². The molecule has 1 heteroatoms. The minimum absolute atomic E-state index is 0.204. The molecular formula is C24H25S+. The van der Waals surface area contributed by atoms with Gasteiger partial charge in [0.2, 0.25) is 4.91 Å². The van der Waals surface area contributed by atoms with E-state index in [2.05, 4.69) is 80.6 Å². The van der Waals surface area contributed by atoms with Crippen molar-refractivity contribution < 1.29 is 0 Å². The van der Waals surface area contributed by atoms with E-state index in [4.69, 9.17) is 6.42 Å². The number of hydrogen-bond acceptors (Lipinski definition) is 0. The molecule has 1 aromatic rings. The van der Waals surface area contributed by atoms with E-state index in [1.165, 1.54) is 25.8 Å². The molecule has 2 rings (SSSR count). The van der Waals surface area contributed by atoms with Gasteiger partial charge in [-0.15, -0.1) is 6.42 Å². The van der Waals surface area contributed by atoms with Crippen LogP contribution in [0.3, 0.4) is 0 Å². The zero-order chi connectivity index (χ0) is 18.1. The molecule has 0 N–H and O–H groups in total. The molecule has 0 nitrogen and oxygen atoms in total. The lowest BCUT2D eigenvalue weighted by Gasteiger charge is -2.20. The van der Waals surface area contributed by atoms with E-state index in [1.807, 2.05) is 6.08 Å². The summed E-state index contributed by atoms with van der Waals surface area (Å²) in [7, 11) is -0.204. The molecule has 1 aromatic carbocycles. The lowest BCUT2D eigenvalue weighted by molar-refractivity contribution is 1.08. The Bertz CT molecular complexity index is 818. The highest BCUT2D eigenvalue weighted by Crippen LogP contribution is 2.40. The third-order valence-electron chi connectivity index (χ3n) is 3.88. The van der Waals surface area contributed by atoms with E-state index in [0.29, 0.717) is 6.42 Å². The lowest BCUT2D eigenvalue weighted by atomic mass is 10.0. The van der Waals surface area contributed by atoms with Crippen molar-refractivity contribution in [3.8, 4) is 12.3 Å². The second-order valence-electron chi connectivity index (χ2n) is 5.64. The SMILES string of the molecule is C#CCC1=C(/C=C\C)Cc2ccccc2[S+]1C(=C=CC=C)/C=C\CC. The Hall–Kier alpha value is -2.39. The fourth-order valence-electron chi connectivity index (χ4n) is 2.84. The van der Waals surface area contributed by atoms with Gasteiger partial charge in [-0.25, -0.2) is 0 Å². The minimum Gasteiger partial charge on any atom is -0.120 e. The first-order valence-electron chi connectivity index (χ1n) is 8.61. The average molecular weight is 346 g/mol. The van der Waals surface area contributed by atoms with Crippen LogP contribution in [0.15, 0.2) is 93.3 Å². The van der Waals surface area contributed by atoms with Crippen molar-refractivity contribution in [1.82, 2.24) is 0 Å². The third kappa shape index (κ3) is 4.58. The molecule has 0 aromatic heterocycles. The summed E-state index contributed by atoms with van der Waals surface area (Å²) in [6.07, 6.45) is 20.7. The van der Waals surface area contributed by atoms with E-state index < -0.39 is 0 Å². The van der Waals surface area contributed by atoms with Gasteiger partial charge in [0.1, 0.15) is 10.9 Å². The number of allylic oxidation sites excluding steroid dienone is 7. The van der Waals surface area contributed by atoms with E-state index in [0.717, 1.165) is 12.8 Å². The molecule has 126 valence electrons. The second-order valence-corrected chi connectivity index (χ2v) is 7.63. The van der Waals surface area contributed by atoms with Crippen LogP contribution in [0.5, 0.6) is 0 Å². The Morgan fingerprint density at radius 2 is 2.16 bits per heavy atom.